The summed E-state index contributed by atoms with van der Waals surface area (Å²) >= 11 is 7.96. The van der Waals surface area contributed by atoms with Crippen LogP contribution in [0.4, 0.5) is 5.82 Å². The molecule has 0 spiro atoms. The Hall–Kier alpha value is -1.65. The molecule has 0 saturated carbocycles. The van der Waals surface area contributed by atoms with Gasteiger partial charge in [-0.25, -0.2) is 4.98 Å². The van der Waals surface area contributed by atoms with Gasteiger partial charge in [0.15, 0.2) is 0 Å². The molecule has 0 bridgehead atoms. The van der Waals surface area contributed by atoms with Crippen LogP contribution in [0.5, 0.6) is 0 Å². The highest BCUT2D eigenvalue weighted by Gasteiger charge is 2.21. The molecule has 0 aliphatic carbocycles. The van der Waals surface area contributed by atoms with Gasteiger partial charge in [0, 0.05) is 24.0 Å². The van der Waals surface area contributed by atoms with Gasteiger partial charge in [0.05, 0.1) is 5.39 Å². The number of hydrogen-bond acceptors (Lipinski definition) is 4. The zero-order chi connectivity index (χ0) is 18.0. The number of aryl methyl sites for hydroxylation is 2. The second kappa shape index (κ2) is 7.71. The van der Waals surface area contributed by atoms with Crippen LogP contribution in [0.2, 0.25) is 5.28 Å². The minimum atomic E-state index is 0.324. The van der Waals surface area contributed by atoms with Crippen LogP contribution in [0.15, 0.2) is 24.3 Å². The maximum absolute atomic E-state index is 6.23. The van der Waals surface area contributed by atoms with Crippen molar-refractivity contribution in [2.75, 3.05) is 18.5 Å². The molecule has 2 aromatic heterocycles. The lowest BCUT2D eigenvalue weighted by Gasteiger charge is -2.19. The number of aromatic nitrogens is 2. The molecule has 0 radical (unpaired) electrons. The molecular weight excluding hydrogens is 350 g/mol. The fraction of sp³-hybridized carbons (Fsp3) is 0.400. The van der Waals surface area contributed by atoms with E-state index in [1.807, 2.05) is 0 Å². The van der Waals surface area contributed by atoms with Crippen molar-refractivity contribution in [3.05, 3.63) is 40.0 Å². The van der Waals surface area contributed by atoms with Gasteiger partial charge in [-0.3, -0.25) is 0 Å². The second-order valence-corrected chi connectivity index (χ2v) is 7.81. The average molecular weight is 374 g/mol. The summed E-state index contributed by atoms with van der Waals surface area (Å²) in [6, 6.07) is 8.71. The summed E-state index contributed by atoms with van der Waals surface area (Å²) < 4.78 is 0. The maximum atomic E-state index is 6.23. The summed E-state index contributed by atoms with van der Waals surface area (Å²) in [7, 11) is 2.09. The summed E-state index contributed by atoms with van der Waals surface area (Å²) in [4.78, 5) is 13.6. The van der Waals surface area contributed by atoms with Crippen LogP contribution < -0.4 is 4.90 Å². The predicted molar refractivity (Wildman–Crippen MR) is 110 cm³/mol. The van der Waals surface area contributed by atoms with Gasteiger partial charge in [-0.1, -0.05) is 50.1 Å². The average Bonchev–Trinajstić information content (AvgIpc) is 2.97. The molecule has 25 heavy (non-hydrogen) atoms. The zero-order valence-corrected chi connectivity index (χ0v) is 16.8. The lowest BCUT2D eigenvalue weighted by Crippen LogP contribution is -2.20. The molecular formula is C20H24ClN3S. The third kappa shape index (κ3) is 3.65. The molecule has 132 valence electrons. The number of nitrogens with zero attached hydrogens (tertiary/aromatic N) is 3. The highest BCUT2D eigenvalue weighted by atomic mass is 35.5. The Labute approximate surface area is 158 Å². The molecule has 2 heterocycles. The van der Waals surface area contributed by atoms with Crippen LogP contribution in [0.1, 0.15) is 37.1 Å². The molecule has 3 nitrogen and oxygen atoms in total. The van der Waals surface area contributed by atoms with Gasteiger partial charge in [0.1, 0.15) is 10.6 Å². The smallest absolute Gasteiger partial charge is 0.225 e. The summed E-state index contributed by atoms with van der Waals surface area (Å²) in [6.07, 6.45) is 3.26. The summed E-state index contributed by atoms with van der Waals surface area (Å²) in [5, 5.41) is 1.46. The molecule has 5 heteroatoms. The Bertz CT molecular complexity index is 871. The Kier molecular flexibility index (Phi) is 5.60. The fourth-order valence-electron chi connectivity index (χ4n) is 3.06. The van der Waals surface area contributed by atoms with Crippen LogP contribution in [-0.2, 0) is 6.42 Å². The van der Waals surface area contributed by atoms with Gasteiger partial charge >= 0.3 is 0 Å². The van der Waals surface area contributed by atoms with E-state index in [-0.39, 0.29) is 0 Å². The Balaban J connectivity index is 2.25. The first kappa shape index (κ1) is 18.2. The molecule has 3 aromatic rings. The van der Waals surface area contributed by atoms with Crippen molar-refractivity contribution >= 4 is 39.0 Å². The molecule has 1 aromatic carbocycles. The first-order chi connectivity index (χ1) is 12.0. The minimum Gasteiger partial charge on any atom is -0.359 e. The zero-order valence-electron chi connectivity index (χ0n) is 15.3. The van der Waals surface area contributed by atoms with Gasteiger partial charge in [-0.2, -0.15) is 4.98 Å². The van der Waals surface area contributed by atoms with Crippen molar-refractivity contribution in [2.45, 2.75) is 40.0 Å². The number of fused-ring (bicyclic) bond motifs is 1. The molecule has 0 fully saturated rings. The first-order valence-electron chi connectivity index (χ1n) is 8.82. The highest BCUT2D eigenvalue weighted by molar-refractivity contribution is 7.19. The molecule has 0 amide bonds. The molecule has 0 atom stereocenters. The number of hydrogen-bond donors (Lipinski definition) is 0. The van der Waals surface area contributed by atoms with E-state index < -0.39 is 0 Å². The number of benzene rings is 1. The van der Waals surface area contributed by atoms with E-state index in [2.05, 4.69) is 67.0 Å². The minimum absolute atomic E-state index is 0.324. The second-order valence-electron chi connectivity index (χ2n) is 6.39. The van der Waals surface area contributed by atoms with E-state index in [1.165, 1.54) is 21.6 Å². The van der Waals surface area contributed by atoms with Crippen molar-refractivity contribution in [3.8, 4) is 11.1 Å². The molecule has 3 rings (SSSR count). The number of anilines is 1. The van der Waals surface area contributed by atoms with E-state index in [9.17, 15) is 0 Å². The Morgan fingerprint density at radius 3 is 2.48 bits per heavy atom. The topological polar surface area (TPSA) is 29.0 Å². The lowest BCUT2D eigenvalue weighted by molar-refractivity contribution is 0.761. The van der Waals surface area contributed by atoms with Crippen molar-refractivity contribution in [3.63, 3.8) is 0 Å². The maximum Gasteiger partial charge on any atom is 0.225 e. The number of unbranched alkanes of at least 4 members (excludes halogenated alkanes) is 1. The standard InChI is InChI=1S/C20H24ClN3S/c1-5-7-12-24(4)18-17-16(14-10-8-13(3)9-11-14)15(6-2)25-19(17)23-20(21)22-18/h8-11H,5-7,12H2,1-4H3. The van der Waals surface area contributed by atoms with Crippen LogP contribution in [0, 0.1) is 6.92 Å². The van der Waals surface area contributed by atoms with Gasteiger partial charge in [0.2, 0.25) is 5.28 Å². The molecule has 0 aliphatic heterocycles. The van der Waals surface area contributed by atoms with E-state index in [0.717, 1.165) is 41.8 Å². The highest BCUT2D eigenvalue weighted by Crippen LogP contribution is 2.42. The van der Waals surface area contributed by atoms with Gasteiger partial charge in [-0.15, -0.1) is 11.3 Å². The van der Waals surface area contributed by atoms with Crippen molar-refractivity contribution in [1.29, 1.82) is 0 Å². The quantitative estimate of drug-likeness (QED) is 0.487. The molecule has 0 saturated heterocycles. The van der Waals surface area contributed by atoms with Gasteiger partial charge in [-0.05, 0) is 36.9 Å². The van der Waals surface area contributed by atoms with Crippen molar-refractivity contribution in [1.82, 2.24) is 9.97 Å². The van der Waals surface area contributed by atoms with E-state index in [4.69, 9.17) is 11.6 Å². The van der Waals surface area contributed by atoms with E-state index >= 15 is 0 Å². The predicted octanol–water partition coefficient (Wildman–Crippen LogP) is 6.12. The third-order valence-corrected chi connectivity index (χ3v) is 5.85. The van der Waals surface area contributed by atoms with Crippen LogP contribution in [0.25, 0.3) is 21.3 Å². The Morgan fingerprint density at radius 1 is 1.12 bits per heavy atom. The van der Waals surface area contributed by atoms with E-state index in [1.54, 1.807) is 11.3 Å². The van der Waals surface area contributed by atoms with Crippen LogP contribution in [-0.4, -0.2) is 23.6 Å². The number of rotatable bonds is 6. The van der Waals surface area contributed by atoms with Crippen LogP contribution in [0.3, 0.4) is 0 Å². The summed E-state index contributed by atoms with van der Waals surface area (Å²) in [5.41, 5.74) is 3.75. The van der Waals surface area contributed by atoms with E-state index in [0.29, 0.717) is 5.28 Å². The normalized spacial score (nSPS) is 11.2. The summed E-state index contributed by atoms with van der Waals surface area (Å²) in [6.45, 7) is 7.47. The monoisotopic (exact) mass is 373 g/mol. The molecule has 0 unspecified atom stereocenters. The van der Waals surface area contributed by atoms with Crippen molar-refractivity contribution < 1.29 is 0 Å². The van der Waals surface area contributed by atoms with Crippen molar-refractivity contribution in [2.24, 2.45) is 0 Å². The first-order valence-corrected chi connectivity index (χ1v) is 10.0. The summed E-state index contributed by atoms with van der Waals surface area (Å²) in [5.74, 6) is 0.940. The third-order valence-electron chi connectivity index (χ3n) is 4.45. The largest absolute Gasteiger partial charge is 0.359 e. The lowest BCUT2D eigenvalue weighted by atomic mass is 10.0. The molecule has 0 N–H and O–H groups in total. The number of halogens is 1. The SMILES string of the molecule is CCCCN(C)c1nc(Cl)nc2sc(CC)c(-c3ccc(C)cc3)c12. The van der Waals surface area contributed by atoms with Crippen LogP contribution >= 0.6 is 22.9 Å². The molecule has 0 aliphatic rings. The number of thiophene rings is 1. The Morgan fingerprint density at radius 2 is 1.84 bits per heavy atom. The van der Waals surface area contributed by atoms with Gasteiger partial charge < -0.3 is 4.90 Å². The van der Waals surface area contributed by atoms with Gasteiger partial charge in [0.25, 0.3) is 0 Å². The fourth-order valence-corrected chi connectivity index (χ4v) is 4.40.